The van der Waals surface area contributed by atoms with Gasteiger partial charge in [0, 0.05) is 0 Å². The Bertz CT molecular complexity index is 1010. The average molecular weight is 347 g/mol. The van der Waals surface area contributed by atoms with Crippen molar-refractivity contribution in [3.63, 3.8) is 0 Å². The summed E-state index contributed by atoms with van der Waals surface area (Å²) in [5, 5.41) is 21.1. The molecule has 1 atom stereocenters. The van der Waals surface area contributed by atoms with Crippen LogP contribution in [0, 0.1) is 11.3 Å². The fourth-order valence-corrected chi connectivity index (χ4v) is 3.21. The number of benzene rings is 1. The molecule has 0 bridgehead atoms. The molecule has 0 spiro atoms. The van der Waals surface area contributed by atoms with Crippen LogP contribution in [-0.4, -0.2) is 25.0 Å². The van der Waals surface area contributed by atoms with Gasteiger partial charge in [-0.3, -0.25) is 0 Å². The zero-order chi connectivity index (χ0) is 18.3. The lowest BCUT2D eigenvalue weighted by molar-refractivity contribution is 0.378. The molecular weight excluding hydrogens is 330 g/mol. The molecule has 0 amide bonds. The van der Waals surface area contributed by atoms with Crippen molar-refractivity contribution in [2.75, 3.05) is 0 Å². The number of hydrogen-bond donors (Lipinski definition) is 2. The van der Waals surface area contributed by atoms with Crippen LogP contribution in [0.4, 0.5) is 0 Å². The van der Waals surface area contributed by atoms with E-state index in [1.54, 1.807) is 11.0 Å². The van der Waals surface area contributed by atoms with Gasteiger partial charge >= 0.3 is 0 Å². The van der Waals surface area contributed by atoms with Gasteiger partial charge < -0.3 is 10.5 Å². The Morgan fingerprint density at radius 3 is 2.69 bits per heavy atom. The molecule has 4 rings (SSSR count). The molecule has 0 saturated heterocycles. The maximum atomic E-state index is 9.67. The molecule has 3 aromatic rings. The lowest BCUT2D eigenvalue weighted by Gasteiger charge is -2.25. The molecule has 1 aromatic carbocycles. The Hall–Kier alpha value is -3.60. The van der Waals surface area contributed by atoms with E-state index in [1.807, 2.05) is 24.3 Å². The SMILES string of the molecule is CC(C)c1n[nH]c2c1C(c1ccc(-n3cncn3)cc1)C(C#N)=C(N)O2. The maximum Gasteiger partial charge on any atom is 0.221 e. The first kappa shape index (κ1) is 15.9. The first-order valence-electron chi connectivity index (χ1n) is 8.20. The highest BCUT2D eigenvalue weighted by molar-refractivity contribution is 5.56. The van der Waals surface area contributed by atoms with Crippen molar-refractivity contribution in [2.24, 2.45) is 5.73 Å². The van der Waals surface area contributed by atoms with Gasteiger partial charge in [-0.25, -0.2) is 14.8 Å². The van der Waals surface area contributed by atoms with E-state index in [-0.39, 0.29) is 17.7 Å². The van der Waals surface area contributed by atoms with Crippen LogP contribution in [0.25, 0.3) is 5.69 Å². The van der Waals surface area contributed by atoms with E-state index in [4.69, 9.17) is 10.5 Å². The fraction of sp³-hybridized carbons (Fsp3) is 0.222. The third kappa shape index (κ3) is 2.41. The summed E-state index contributed by atoms with van der Waals surface area (Å²) in [7, 11) is 0. The second-order valence-corrected chi connectivity index (χ2v) is 6.36. The van der Waals surface area contributed by atoms with E-state index in [0.717, 1.165) is 22.5 Å². The molecule has 1 aliphatic heterocycles. The third-order valence-corrected chi connectivity index (χ3v) is 4.43. The van der Waals surface area contributed by atoms with E-state index in [9.17, 15) is 5.26 Å². The fourth-order valence-electron chi connectivity index (χ4n) is 3.21. The van der Waals surface area contributed by atoms with Gasteiger partial charge in [0.15, 0.2) is 0 Å². The highest BCUT2D eigenvalue weighted by Crippen LogP contribution is 2.44. The van der Waals surface area contributed by atoms with Crippen LogP contribution >= 0.6 is 0 Å². The topological polar surface area (TPSA) is 118 Å². The van der Waals surface area contributed by atoms with Gasteiger partial charge in [0.25, 0.3) is 0 Å². The first-order chi connectivity index (χ1) is 12.6. The van der Waals surface area contributed by atoms with E-state index >= 15 is 0 Å². The van der Waals surface area contributed by atoms with Crippen molar-refractivity contribution < 1.29 is 4.74 Å². The number of rotatable bonds is 3. The van der Waals surface area contributed by atoms with Gasteiger partial charge in [-0.05, 0) is 23.6 Å². The average Bonchev–Trinajstić information content (AvgIpc) is 3.30. The zero-order valence-electron chi connectivity index (χ0n) is 14.3. The van der Waals surface area contributed by atoms with Crippen LogP contribution in [0.3, 0.4) is 0 Å². The lowest BCUT2D eigenvalue weighted by Crippen LogP contribution is -2.21. The second-order valence-electron chi connectivity index (χ2n) is 6.36. The van der Waals surface area contributed by atoms with Crippen LogP contribution in [0.15, 0.2) is 48.4 Å². The number of hydrogen-bond acceptors (Lipinski definition) is 6. The standard InChI is InChI=1S/C18H17N7O/c1-10(2)16-15-14(13(7-19)17(20)26-18(15)24-23-16)11-3-5-12(6-4-11)25-9-21-8-22-25/h3-6,8-10,14H,20H2,1-2H3,(H,23,24). The Morgan fingerprint density at radius 1 is 1.31 bits per heavy atom. The number of allylic oxidation sites excluding steroid dienone is 1. The molecule has 3 heterocycles. The molecule has 26 heavy (non-hydrogen) atoms. The highest BCUT2D eigenvalue weighted by Gasteiger charge is 2.35. The molecule has 130 valence electrons. The molecule has 0 saturated carbocycles. The zero-order valence-corrected chi connectivity index (χ0v) is 14.3. The number of H-pyrrole nitrogens is 1. The summed E-state index contributed by atoms with van der Waals surface area (Å²) in [6, 6.07) is 9.98. The summed E-state index contributed by atoms with van der Waals surface area (Å²) >= 11 is 0. The molecule has 8 heteroatoms. The number of nitriles is 1. The van der Waals surface area contributed by atoms with Crippen LogP contribution in [-0.2, 0) is 0 Å². The van der Waals surface area contributed by atoms with Crippen LogP contribution < -0.4 is 10.5 Å². The Balaban J connectivity index is 1.84. The Morgan fingerprint density at radius 2 is 2.08 bits per heavy atom. The molecule has 0 fully saturated rings. The monoisotopic (exact) mass is 347 g/mol. The quantitative estimate of drug-likeness (QED) is 0.750. The molecule has 1 unspecified atom stereocenters. The molecule has 2 aromatic heterocycles. The minimum Gasteiger partial charge on any atom is -0.422 e. The van der Waals surface area contributed by atoms with Gasteiger partial charge in [-0.15, -0.1) is 0 Å². The summed E-state index contributed by atoms with van der Waals surface area (Å²) in [5.41, 5.74) is 9.91. The lowest BCUT2D eigenvalue weighted by atomic mass is 9.82. The van der Waals surface area contributed by atoms with E-state index in [2.05, 4.69) is 40.2 Å². The number of nitrogens with one attached hydrogen (secondary N) is 1. The minimum atomic E-state index is -0.329. The van der Waals surface area contributed by atoms with E-state index < -0.39 is 0 Å². The smallest absolute Gasteiger partial charge is 0.221 e. The number of fused-ring (bicyclic) bond motifs is 1. The number of aromatic nitrogens is 5. The molecule has 8 nitrogen and oxygen atoms in total. The van der Waals surface area contributed by atoms with Crippen molar-refractivity contribution in [1.29, 1.82) is 5.26 Å². The summed E-state index contributed by atoms with van der Waals surface area (Å²) in [5.74, 6) is 0.444. The Kier molecular flexibility index (Phi) is 3.69. The number of aromatic amines is 1. The van der Waals surface area contributed by atoms with E-state index in [1.165, 1.54) is 6.33 Å². The molecule has 3 N–H and O–H groups in total. The Labute approximate surface area is 149 Å². The van der Waals surface area contributed by atoms with Crippen LogP contribution in [0.1, 0.15) is 42.5 Å². The van der Waals surface area contributed by atoms with Gasteiger partial charge in [0.05, 0.1) is 22.9 Å². The molecule has 0 radical (unpaired) electrons. The summed E-state index contributed by atoms with van der Waals surface area (Å²) in [6.45, 7) is 4.10. The highest BCUT2D eigenvalue weighted by atomic mass is 16.5. The molecule has 0 aliphatic carbocycles. The summed E-state index contributed by atoms with van der Waals surface area (Å²) in [6.07, 6.45) is 3.11. The predicted octanol–water partition coefficient (Wildman–Crippen LogP) is 2.33. The van der Waals surface area contributed by atoms with Crippen LogP contribution in [0.5, 0.6) is 5.88 Å². The maximum absolute atomic E-state index is 9.67. The van der Waals surface area contributed by atoms with Gasteiger partial charge in [-0.2, -0.15) is 15.5 Å². The predicted molar refractivity (Wildman–Crippen MR) is 93.3 cm³/mol. The minimum absolute atomic E-state index is 0.101. The van der Waals surface area contributed by atoms with Gasteiger partial charge in [-0.1, -0.05) is 26.0 Å². The molecule has 1 aliphatic rings. The van der Waals surface area contributed by atoms with Gasteiger partial charge in [0.1, 0.15) is 24.3 Å². The normalized spacial score (nSPS) is 16.3. The number of nitrogens with two attached hydrogens (primary N) is 1. The molecular formula is C18H17N7O. The first-order valence-corrected chi connectivity index (χ1v) is 8.20. The third-order valence-electron chi connectivity index (χ3n) is 4.43. The van der Waals surface area contributed by atoms with E-state index in [0.29, 0.717) is 11.5 Å². The largest absolute Gasteiger partial charge is 0.422 e. The summed E-state index contributed by atoms with van der Waals surface area (Å²) in [4.78, 5) is 3.96. The van der Waals surface area contributed by atoms with Gasteiger partial charge in [0.2, 0.25) is 11.8 Å². The summed E-state index contributed by atoms with van der Waals surface area (Å²) < 4.78 is 7.27. The number of nitrogens with zero attached hydrogens (tertiary/aromatic N) is 5. The number of ether oxygens (including phenoxy) is 1. The van der Waals surface area contributed by atoms with Crippen molar-refractivity contribution >= 4 is 0 Å². The second kappa shape index (κ2) is 6.04. The van der Waals surface area contributed by atoms with Crippen molar-refractivity contribution in [3.8, 4) is 17.6 Å². The van der Waals surface area contributed by atoms with Crippen molar-refractivity contribution in [3.05, 3.63) is 65.2 Å². The van der Waals surface area contributed by atoms with Crippen LogP contribution in [0.2, 0.25) is 0 Å². The van der Waals surface area contributed by atoms with Crippen molar-refractivity contribution in [2.45, 2.75) is 25.7 Å². The van der Waals surface area contributed by atoms with Crippen molar-refractivity contribution in [1.82, 2.24) is 25.0 Å².